The van der Waals surface area contributed by atoms with E-state index < -0.39 is 32.7 Å². The average Bonchev–Trinajstić information content (AvgIpc) is 2.77. The second-order valence-corrected chi connectivity index (χ2v) is 8.88. The average molecular weight is 449 g/mol. The van der Waals surface area contributed by atoms with Crippen LogP contribution in [-0.2, 0) is 19.6 Å². The summed E-state index contributed by atoms with van der Waals surface area (Å²) in [5.41, 5.74) is 1.10. The molecule has 1 heterocycles. The molecular formula is C21H25FN4O4S. The standard InChI is InChI=1S/C21H25FN4O4S/c1-16(24-31(29,30)19-10-6-5-9-18(19)22)21(28)23-15-20(27)26-13-11-25(12-14-26)17-7-3-2-4-8-17/h2-10,16,24H,11-15H2,1H3,(H,23,28)/t16-/m0/s1. The van der Waals surface area contributed by atoms with Gasteiger partial charge in [0.25, 0.3) is 0 Å². The zero-order valence-corrected chi connectivity index (χ0v) is 17.9. The van der Waals surface area contributed by atoms with Crippen LogP contribution in [0.5, 0.6) is 0 Å². The number of hydrogen-bond acceptors (Lipinski definition) is 5. The molecule has 1 atom stereocenters. The quantitative estimate of drug-likeness (QED) is 0.657. The molecule has 1 aliphatic heterocycles. The number of piperazine rings is 1. The summed E-state index contributed by atoms with van der Waals surface area (Å²) in [5.74, 6) is -1.83. The van der Waals surface area contributed by atoms with Crippen molar-refractivity contribution >= 4 is 27.5 Å². The predicted octanol–water partition coefficient (Wildman–Crippen LogP) is 0.958. The lowest BCUT2D eigenvalue weighted by molar-refractivity contribution is -0.133. The van der Waals surface area contributed by atoms with Gasteiger partial charge in [-0.3, -0.25) is 9.59 Å². The lowest BCUT2D eigenvalue weighted by Gasteiger charge is -2.36. The fourth-order valence-electron chi connectivity index (χ4n) is 3.29. The Bertz CT molecular complexity index is 1020. The fourth-order valence-corrected chi connectivity index (χ4v) is 4.57. The van der Waals surface area contributed by atoms with E-state index >= 15 is 0 Å². The first-order chi connectivity index (χ1) is 14.8. The second-order valence-electron chi connectivity index (χ2n) is 7.19. The van der Waals surface area contributed by atoms with Gasteiger partial charge in [-0.2, -0.15) is 4.72 Å². The van der Waals surface area contributed by atoms with E-state index in [1.165, 1.54) is 19.1 Å². The number of rotatable bonds is 7. The summed E-state index contributed by atoms with van der Waals surface area (Å²) >= 11 is 0. The van der Waals surface area contributed by atoms with Crippen LogP contribution in [0, 0.1) is 5.82 Å². The van der Waals surface area contributed by atoms with E-state index in [-0.39, 0.29) is 12.5 Å². The summed E-state index contributed by atoms with van der Waals surface area (Å²) in [6.45, 7) is 3.51. The third-order valence-electron chi connectivity index (χ3n) is 5.02. The molecule has 1 aliphatic rings. The van der Waals surface area contributed by atoms with Gasteiger partial charge in [-0.05, 0) is 31.2 Å². The third-order valence-corrected chi connectivity index (χ3v) is 6.59. The number of amides is 2. The van der Waals surface area contributed by atoms with Crippen LogP contribution in [-0.4, -0.2) is 63.9 Å². The van der Waals surface area contributed by atoms with E-state index in [4.69, 9.17) is 0 Å². The summed E-state index contributed by atoms with van der Waals surface area (Å²) < 4.78 is 40.5. The van der Waals surface area contributed by atoms with Crippen molar-refractivity contribution in [3.05, 3.63) is 60.4 Å². The smallest absolute Gasteiger partial charge is 0.244 e. The van der Waals surface area contributed by atoms with Crippen molar-refractivity contribution in [3.63, 3.8) is 0 Å². The van der Waals surface area contributed by atoms with Crippen LogP contribution in [0.3, 0.4) is 0 Å². The molecule has 31 heavy (non-hydrogen) atoms. The van der Waals surface area contributed by atoms with Crippen molar-refractivity contribution < 1.29 is 22.4 Å². The molecular weight excluding hydrogens is 423 g/mol. The van der Waals surface area contributed by atoms with E-state index in [1.807, 2.05) is 30.3 Å². The van der Waals surface area contributed by atoms with Crippen molar-refractivity contribution in [1.82, 2.24) is 14.9 Å². The molecule has 10 heteroatoms. The molecule has 3 rings (SSSR count). The normalized spacial score (nSPS) is 15.4. The van der Waals surface area contributed by atoms with Gasteiger partial charge in [0.15, 0.2) is 0 Å². The number of para-hydroxylation sites is 1. The Balaban J connectivity index is 1.47. The van der Waals surface area contributed by atoms with Crippen LogP contribution in [0.2, 0.25) is 0 Å². The molecule has 2 N–H and O–H groups in total. The van der Waals surface area contributed by atoms with E-state index in [9.17, 15) is 22.4 Å². The Hall–Kier alpha value is -2.98. The highest BCUT2D eigenvalue weighted by Crippen LogP contribution is 2.16. The number of carbonyl (C=O) groups excluding carboxylic acids is 2. The van der Waals surface area contributed by atoms with Crippen LogP contribution in [0.1, 0.15) is 6.92 Å². The Kier molecular flexibility index (Phi) is 7.24. The summed E-state index contributed by atoms with van der Waals surface area (Å²) in [4.78, 5) is 28.0. The summed E-state index contributed by atoms with van der Waals surface area (Å²) in [6, 6.07) is 13.6. The maximum absolute atomic E-state index is 13.8. The number of carbonyl (C=O) groups is 2. The first kappa shape index (κ1) is 22.7. The van der Waals surface area contributed by atoms with Crippen molar-refractivity contribution in [1.29, 1.82) is 0 Å². The zero-order chi connectivity index (χ0) is 22.4. The summed E-state index contributed by atoms with van der Waals surface area (Å²) in [5, 5.41) is 2.45. The number of hydrogen-bond donors (Lipinski definition) is 2. The fraction of sp³-hybridized carbons (Fsp3) is 0.333. The monoisotopic (exact) mass is 448 g/mol. The Morgan fingerprint density at radius 2 is 1.61 bits per heavy atom. The Morgan fingerprint density at radius 1 is 1.00 bits per heavy atom. The molecule has 0 radical (unpaired) electrons. The highest BCUT2D eigenvalue weighted by molar-refractivity contribution is 7.89. The molecule has 1 saturated heterocycles. The molecule has 2 aromatic rings. The number of sulfonamides is 1. The van der Waals surface area contributed by atoms with Crippen molar-refractivity contribution in [2.24, 2.45) is 0 Å². The number of nitrogens with zero attached hydrogens (tertiary/aromatic N) is 2. The molecule has 0 unspecified atom stereocenters. The van der Waals surface area contributed by atoms with Crippen LogP contribution in [0.25, 0.3) is 0 Å². The minimum Gasteiger partial charge on any atom is -0.368 e. The first-order valence-electron chi connectivity index (χ1n) is 9.90. The number of nitrogens with one attached hydrogen (secondary N) is 2. The van der Waals surface area contributed by atoms with Crippen molar-refractivity contribution in [2.75, 3.05) is 37.6 Å². The van der Waals surface area contributed by atoms with Crippen molar-refractivity contribution in [2.45, 2.75) is 17.9 Å². The minimum absolute atomic E-state index is 0.240. The predicted molar refractivity (Wildman–Crippen MR) is 114 cm³/mol. The molecule has 0 spiro atoms. The maximum atomic E-state index is 13.8. The van der Waals surface area contributed by atoms with Crippen LogP contribution in [0.4, 0.5) is 10.1 Å². The van der Waals surface area contributed by atoms with Gasteiger partial charge in [0.05, 0.1) is 12.6 Å². The summed E-state index contributed by atoms with van der Waals surface area (Å²) in [6.07, 6.45) is 0. The van der Waals surface area contributed by atoms with E-state index in [2.05, 4.69) is 14.9 Å². The van der Waals surface area contributed by atoms with E-state index in [1.54, 1.807) is 4.90 Å². The van der Waals surface area contributed by atoms with E-state index in [0.717, 1.165) is 17.8 Å². The van der Waals surface area contributed by atoms with Gasteiger partial charge in [-0.15, -0.1) is 0 Å². The first-order valence-corrected chi connectivity index (χ1v) is 11.4. The van der Waals surface area contributed by atoms with Gasteiger partial charge in [-0.25, -0.2) is 12.8 Å². The van der Waals surface area contributed by atoms with Gasteiger partial charge >= 0.3 is 0 Å². The Labute approximate surface area is 181 Å². The molecule has 0 aromatic heterocycles. The largest absolute Gasteiger partial charge is 0.368 e. The highest BCUT2D eigenvalue weighted by Gasteiger charge is 2.26. The third kappa shape index (κ3) is 5.80. The number of benzene rings is 2. The topological polar surface area (TPSA) is 98.8 Å². The Morgan fingerprint density at radius 3 is 2.26 bits per heavy atom. The minimum atomic E-state index is -4.21. The molecule has 0 aliphatic carbocycles. The van der Waals surface area contributed by atoms with Gasteiger partial charge in [0.2, 0.25) is 21.8 Å². The van der Waals surface area contributed by atoms with Crippen LogP contribution >= 0.6 is 0 Å². The number of halogens is 1. The van der Waals surface area contributed by atoms with E-state index in [0.29, 0.717) is 26.2 Å². The lowest BCUT2D eigenvalue weighted by Crippen LogP contribution is -2.52. The molecule has 2 amide bonds. The second kappa shape index (κ2) is 9.88. The molecule has 0 bridgehead atoms. The molecule has 2 aromatic carbocycles. The molecule has 1 fully saturated rings. The van der Waals surface area contributed by atoms with Crippen molar-refractivity contribution in [3.8, 4) is 0 Å². The molecule has 166 valence electrons. The van der Waals surface area contributed by atoms with Gasteiger partial charge in [0, 0.05) is 31.9 Å². The SMILES string of the molecule is C[C@H](NS(=O)(=O)c1ccccc1F)C(=O)NCC(=O)N1CCN(c2ccccc2)CC1. The lowest BCUT2D eigenvalue weighted by atomic mass is 10.2. The molecule has 0 saturated carbocycles. The van der Waals surface area contributed by atoms with Crippen LogP contribution in [0.15, 0.2) is 59.5 Å². The van der Waals surface area contributed by atoms with Gasteiger partial charge in [0.1, 0.15) is 10.7 Å². The maximum Gasteiger partial charge on any atom is 0.244 e. The van der Waals surface area contributed by atoms with Gasteiger partial charge < -0.3 is 15.1 Å². The highest BCUT2D eigenvalue weighted by atomic mass is 32.2. The van der Waals surface area contributed by atoms with Gasteiger partial charge in [-0.1, -0.05) is 30.3 Å². The van der Waals surface area contributed by atoms with Crippen LogP contribution < -0.4 is 14.9 Å². The zero-order valence-electron chi connectivity index (χ0n) is 17.1. The molecule has 8 nitrogen and oxygen atoms in total. The number of anilines is 1. The summed E-state index contributed by atoms with van der Waals surface area (Å²) in [7, 11) is -4.21.